The maximum Gasteiger partial charge on any atom is 0.249 e. The molecule has 2 aromatic carbocycles. The van der Waals surface area contributed by atoms with E-state index in [1.807, 2.05) is 24.3 Å². The lowest BCUT2D eigenvalue weighted by molar-refractivity contribution is 0.324. The molecular weight excluding hydrogens is 362 g/mol. The number of methoxy groups -OCH3 is 4. The molecule has 0 aliphatic carbocycles. The quantitative estimate of drug-likeness (QED) is 0.606. The maximum atomic E-state index is 5.36. The second-order valence-electron chi connectivity index (χ2n) is 5.56. The van der Waals surface area contributed by atoms with Crippen molar-refractivity contribution < 1.29 is 18.9 Å². The molecule has 0 saturated carbocycles. The van der Waals surface area contributed by atoms with Crippen molar-refractivity contribution in [2.45, 2.75) is 0 Å². The Labute approximate surface area is 162 Å². The predicted molar refractivity (Wildman–Crippen MR) is 105 cm³/mol. The first-order chi connectivity index (χ1) is 13.7. The van der Waals surface area contributed by atoms with Crippen LogP contribution in [0, 0.1) is 0 Å². The second kappa shape index (κ2) is 8.76. The van der Waals surface area contributed by atoms with Crippen LogP contribution in [0.5, 0.6) is 23.0 Å². The van der Waals surface area contributed by atoms with E-state index in [1.54, 1.807) is 40.6 Å². The van der Waals surface area contributed by atoms with E-state index in [2.05, 4.69) is 25.8 Å². The number of hydrogen-bond donors (Lipinski definition) is 2. The van der Waals surface area contributed by atoms with Gasteiger partial charge >= 0.3 is 0 Å². The van der Waals surface area contributed by atoms with Crippen molar-refractivity contribution >= 4 is 23.1 Å². The topological polar surface area (TPSA) is 99.7 Å². The molecule has 0 amide bonds. The summed E-state index contributed by atoms with van der Waals surface area (Å²) in [5.41, 5.74) is 1.48. The summed E-state index contributed by atoms with van der Waals surface area (Å²) in [5, 5.41) is 14.2. The van der Waals surface area contributed by atoms with Gasteiger partial charge in [-0.2, -0.15) is 10.1 Å². The lowest BCUT2D eigenvalue weighted by atomic mass is 10.2. The first-order valence-electron chi connectivity index (χ1n) is 8.34. The van der Waals surface area contributed by atoms with Gasteiger partial charge in [0.15, 0.2) is 17.3 Å². The van der Waals surface area contributed by atoms with Gasteiger partial charge < -0.3 is 29.6 Å². The van der Waals surface area contributed by atoms with Gasteiger partial charge in [0, 0.05) is 29.6 Å². The summed E-state index contributed by atoms with van der Waals surface area (Å²) >= 11 is 0. The molecule has 146 valence electrons. The molecule has 2 N–H and O–H groups in total. The van der Waals surface area contributed by atoms with Gasteiger partial charge in [-0.3, -0.25) is 0 Å². The molecule has 0 spiro atoms. The molecule has 9 nitrogen and oxygen atoms in total. The van der Waals surface area contributed by atoms with Gasteiger partial charge in [-0.1, -0.05) is 6.07 Å². The number of benzene rings is 2. The van der Waals surface area contributed by atoms with Crippen LogP contribution in [0.15, 0.2) is 42.6 Å². The fourth-order valence-electron chi connectivity index (χ4n) is 2.55. The number of ether oxygens (including phenoxy) is 4. The number of hydrogen-bond acceptors (Lipinski definition) is 9. The SMILES string of the molecule is COc1cccc(Nc2nncc(Nc3cc(OC)c(OC)c(OC)c3)n2)c1. The summed E-state index contributed by atoms with van der Waals surface area (Å²) in [5.74, 6) is 3.13. The van der Waals surface area contributed by atoms with Gasteiger partial charge in [-0.05, 0) is 12.1 Å². The molecule has 0 bridgehead atoms. The summed E-state index contributed by atoms with van der Waals surface area (Å²) < 4.78 is 21.3. The van der Waals surface area contributed by atoms with Gasteiger partial charge in [0.2, 0.25) is 11.7 Å². The molecule has 1 aromatic heterocycles. The van der Waals surface area contributed by atoms with Crippen LogP contribution in [-0.4, -0.2) is 43.6 Å². The molecule has 9 heteroatoms. The molecule has 0 aliphatic heterocycles. The van der Waals surface area contributed by atoms with E-state index in [9.17, 15) is 0 Å². The van der Waals surface area contributed by atoms with Crippen LogP contribution in [0.25, 0.3) is 0 Å². The summed E-state index contributed by atoms with van der Waals surface area (Å²) in [6, 6.07) is 11.0. The highest BCUT2D eigenvalue weighted by Crippen LogP contribution is 2.40. The van der Waals surface area contributed by atoms with Crippen LogP contribution < -0.4 is 29.6 Å². The Hall–Kier alpha value is -3.75. The molecule has 1 heterocycles. The van der Waals surface area contributed by atoms with Crippen molar-refractivity contribution in [2.75, 3.05) is 39.1 Å². The van der Waals surface area contributed by atoms with Crippen molar-refractivity contribution in [3.05, 3.63) is 42.6 Å². The molecule has 0 radical (unpaired) electrons. The van der Waals surface area contributed by atoms with E-state index in [0.29, 0.717) is 34.7 Å². The molecule has 28 heavy (non-hydrogen) atoms. The van der Waals surface area contributed by atoms with Crippen LogP contribution in [0.1, 0.15) is 0 Å². The van der Waals surface area contributed by atoms with Gasteiger partial charge in [0.1, 0.15) is 5.75 Å². The third-order valence-electron chi connectivity index (χ3n) is 3.82. The van der Waals surface area contributed by atoms with Crippen molar-refractivity contribution in [1.82, 2.24) is 15.2 Å². The average Bonchev–Trinajstić information content (AvgIpc) is 2.73. The van der Waals surface area contributed by atoms with Crippen LogP contribution in [-0.2, 0) is 0 Å². The smallest absolute Gasteiger partial charge is 0.249 e. The van der Waals surface area contributed by atoms with Crippen molar-refractivity contribution in [3.8, 4) is 23.0 Å². The lowest BCUT2D eigenvalue weighted by Gasteiger charge is -2.15. The Morgan fingerprint density at radius 2 is 1.54 bits per heavy atom. The molecule has 0 fully saturated rings. The zero-order valence-electron chi connectivity index (χ0n) is 16.0. The van der Waals surface area contributed by atoms with Gasteiger partial charge in [0.25, 0.3) is 0 Å². The molecule has 0 aliphatic rings. The van der Waals surface area contributed by atoms with E-state index < -0.39 is 0 Å². The number of aromatic nitrogens is 3. The number of nitrogens with zero attached hydrogens (tertiary/aromatic N) is 3. The number of rotatable bonds is 8. The minimum absolute atomic E-state index is 0.339. The first kappa shape index (κ1) is 19.0. The molecule has 3 aromatic rings. The number of nitrogens with one attached hydrogen (secondary N) is 2. The highest BCUT2D eigenvalue weighted by molar-refractivity contribution is 5.67. The van der Waals surface area contributed by atoms with E-state index in [1.165, 1.54) is 6.20 Å². The van der Waals surface area contributed by atoms with E-state index in [0.717, 1.165) is 11.4 Å². The fourth-order valence-corrected chi connectivity index (χ4v) is 2.55. The normalized spacial score (nSPS) is 10.1. The Bertz CT molecular complexity index is 926. The zero-order valence-corrected chi connectivity index (χ0v) is 16.0. The lowest BCUT2D eigenvalue weighted by Crippen LogP contribution is -2.03. The Kier molecular flexibility index (Phi) is 5.95. The van der Waals surface area contributed by atoms with Crippen LogP contribution >= 0.6 is 0 Å². The van der Waals surface area contributed by atoms with Gasteiger partial charge in [-0.25, -0.2) is 0 Å². The van der Waals surface area contributed by atoms with Gasteiger partial charge in [0.05, 0.1) is 34.6 Å². The maximum absolute atomic E-state index is 5.36. The summed E-state index contributed by atoms with van der Waals surface area (Å²) in [4.78, 5) is 4.42. The molecule has 0 unspecified atom stereocenters. The highest BCUT2D eigenvalue weighted by atomic mass is 16.5. The fraction of sp³-hybridized carbons (Fsp3) is 0.211. The Morgan fingerprint density at radius 1 is 0.786 bits per heavy atom. The van der Waals surface area contributed by atoms with Crippen LogP contribution in [0.4, 0.5) is 23.1 Å². The molecule has 0 saturated heterocycles. The van der Waals surface area contributed by atoms with E-state index in [-0.39, 0.29) is 0 Å². The summed E-state index contributed by atoms with van der Waals surface area (Å²) in [6.07, 6.45) is 1.51. The monoisotopic (exact) mass is 383 g/mol. The predicted octanol–water partition coefficient (Wildman–Crippen LogP) is 3.39. The number of anilines is 4. The Balaban J connectivity index is 1.83. The van der Waals surface area contributed by atoms with Crippen molar-refractivity contribution in [3.63, 3.8) is 0 Å². The molecule has 3 rings (SSSR count). The third kappa shape index (κ3) is 4.32. The standard InChI is InChI=1S/C19H21N5O4/c1-25-14-7-5-6-12(8-14)22-19-23-17(11-20-24-19)21-13-9-15(26-2)18(28-4)16(10-13)27-3/h5-11H,1-4H3,(H2,21,22,23,24). The average molecular weight is 383 g/mol. The van der Waals surface area contributed by atoms with Crippen LogP contribution in [0.3, 0.4) is 0 Å². The first-order valence-corrected chi connectivity index (χ1v) is 8.34. The minimum Gasteiger partial charge on any atom is -0.497 e. The van der Waals surface area contributed by atoms with Crippen LogP contribution in [0.2, 0.25) is 0 Å². The second-order valence-corrected chi connectivity index (χ2v) is 5.56. The zero-order chi connectivity index (χ0) is 19.9. The van der Waals surface area contributed by atoms with E-state index >= 15 is 0 Å². The largest absolute Gasteiger partial charge is 0.497 e. The van der Waals surface area contributed by atoms with Crippen molar-refractivity contribution in [1.29, 1.82) is 0 Å². The van der Waals surface area contributed by atoms with E-state index in [4.69, 9.17) is 18.9 Å². The Morgan fingerprint density at radius 3 is 2.18 bits per heavy atom. The minimum atomic E-state index is 0.339. The van der Waals surface area contributed by atoms with Crippen molar-refractivity contribution in [2.24, 2.45) is 0 Å². The summed E-state index contributed by atoms with van der Waals surface area (Å²) in [7, 11) is 6.28. The van der Waals surface area contributed by atoms with Gasteiger partial charge in [-0.15, -0.1) is 5.10 Å². The highest BCUT2D eigenvalue weighted by Gasteiger charge is 2.14. The molecule has 0 atom stereocenters. The summed E-state index contributed by atoms with van der Waals surface area (Å²) in [6.45, 7) is 0. The third-order valence-corrected chi connectivity index (χ3v) is 3.82. The molecular formula is C19H21N5O4.